The molecule has 0 saturated heterocycles. The predicted octanol–water partition coefficient (Wildman–Crippen LogP) is 3.96. The Hall–Kier alpha value is -1.33. The van der Waals surface area contributed by atoms with E-state index in [0.717, 1.165) is 26.3 Å². The summed E-state index contributed by atoms with van der Waals surface area (Å²) in [7, 11) is 0. The Morgan fingerprint density at radius 3 is 2.61 bits per heavy atom. The average molecular weight is 325 g/mol. The van der Waals surface area contributed by atoms with Gasteiger partial charge in [-0.15, -0.1) is 11.3 Å². The number of carbonyl (C=O) groups is 1. The molecule has 0 fully saturated rings. The van der Waals surface area contributed by atoms with Gasteiger partial charge in [-0.25, -0.2) is 0 Å². The molecule has 0 radical (unpaired) electrons. The van der Waals surface area contributed by atoms with E-state index in [1.807, 2.05) is 31.4 Å². The van der Waals surface area contributed by atoms with E-state index >= 15 is 0 Å². The Bertz CT molecular complexity index is 607. The number of carbonyl (C=O) groups excluding carboxylic acids is 1. The molecule has 0 saturated carbocycles. The van der Waals surface area contributed by atoms with Gasteiger partial charge in [0.05, 0.1) is 9.35 Å². The molecule has 18 heavy (non-hydrogen) atoms. The molecule has 1 heterocycles. The lowest BCUT2D eigenvalue weighted by atomic mass is 10.1. The summed E-state index contributed by atoms with van der Waals surface area (Å²) in [6, 6.07) is 5.57. The van der Waals surface area contributed by atoms with E-state index < -0.39 is 0 Å². The lowest BCUT2D eigenvalue weighted by Crippen LogP contribution is -2.12. The van der Waals surface area contributed by atoms with Gasteiger partial charge in [0.25, 0.3) is 5.91 Å². The van der Waals surface area contributed by atoms with E-state index in [2.05, 4.69) is 21.2 Å². The number of hydrogen-bond donors (Lipinski definition) is 2. The predicted molar refractivity (Wildman–Crippen MR) is 80.3 cm³/mol. The van der Waals surface area contributed by atoms with Crippen LogP contribution in [0.4, 0.5) is 11.4 Å². The maximum atomic E-state index is 12.0. The minimum Gasteiger partial charge on any atom is -0.399 e. The lowest BCUT2D eigenvalue weighted by Gasteiger charge is -2.10. The van der Waals surface area contributed by atoms with Gasteiger partial charge in [-0.2, -0.15) is 0 Å². The molecule has 1 aromatic heterocycles. The largest absolute Gasteiger partial charge is 0.399 e. The first-order valence-electron chi connectivity index (χ1n) is 5.39. The standard InChI is InChI=1S/C13H13BrN2OS/c1-7-4-11(8(2)3-10(7)15)16-13(17)9-5-12(14)18-6-9/h3-6H,15H2,1-2H3,(H,16,17). The molecule has 0 unspecified atom stereocenters. The second-order valence-electron chi connectivity index (χ2n) is 4.12. The molecule has 0 bridgehead atoms. The van der Waals surface area contributed by atoms with Crippen LogP contribution in [0.15, 0.2) is 27.4 Å². The maximum absolute atomic E-state index is 12.0. The molecule has 0 aliphatic rings. The number of hydrogen-bond acceptors (Lipinski definition) is 3. The zero-order valence-corrected chi connectivity index (χ0v) is 12.5. The second kappa shape index (κ2) is 5.12. The number of nitrogens with one attached hydrogen (secondary N) is 1. The van der Waals surface area contributed by atoms with E-state index in [1.165, 1.54) is 11.3 Å². The van der Waals surface area contributed by atoms with Crippen molar-refractivity contribution in [3.8, 4) is 0 Å². The topological polar surface area (TPSA) is 55.1 Å². The van der Waals surface area contributed by atoms with E-state index in [-0.39, 0.29) is 5.91 Å². The Balaban J connectivity index is 2.24. The summed E-state index contributed by atoms with van der Waals surface area (Å²) in [5.74, 6) is -0.107. The molecule has 5 heteroatoms. The first-order chi connectivity index (χ1) is 8.47. The second-order valence-corrected chi connectivity index (χ2v) is 6.41. The average Bonchev–Trinajstić information content (AvgIpc) is 2.73. The molecule has 0 atom stereocenters. The summed E-state index contributed by atoms with van der Waals surface area (Å²) >= 11 is 4.83. The Morgan fingerprint density at radius 2 is 2.00 bits per heavy atom. The summed E-state index contributed by atoms with van der Waals surface area (Å²) in [5.41, 5.74) is 9.93. The number of nitrogen functional groups attached to an aromatic ring is 1. The van der Waals surface area contributed by atoms with E-state index in [9.17, 15) is 4.79 Å². The van der Waals surface area contributed by atoms with Crippen LogP contribution >= 0.6 is 27.3 Å². The number of thiophene rings is 1. The van der Waals surface area contributed by atoms with Crippen molar-refractivity contribution in [2.24, 2.45) is 0 Å². The van der Waals surface area contributed by atoms with Gasteiger partial charge in [0, 0.05) is 16.8 Å². The van der Waals surface area contributed by atoms with E-state index in [4.69, 9.17) is 5.73 Å². The maximum Gasteiger partial charge on any atom is 0.256 e. The van der Waals surface area contributed by atoms with Crippen molar-refractivity contribution >= 4 is 44.5 Å². The van der Waals surface area contributed by atoms with Crippen LogP contribution in [-0.4, -0.2) is 5.91 Å². The van der Waals surface area contributed by atoms with E-state index in [1.54, 1.807) is 6.07 Å². The third kappa shape index (κ3) is 2.73. The fourth-order valence-corrected chi connectivity index (χ4v) is 2.73. The van der Waals surface area contributed by atoms with Crippen LogP contribution in [0.1, 0.15) is 21.5 Å². The van der Waals surface area contributed by atoms with Crippen molar-refractivity contribution in [1.29, 1.82) is 0 Å². The van der Waals surface area contributed by atoms with Crippen LogP contribution in [0.25, 0.3) is 0 Å². The van der Waals surface area contributed by atoms with Gasteiger partial charge in [-0.3, -0.25) is 4.79 Å². The smallest absolute Gasteiger partial charge is 0.256 e. The number of anilines is 2. The molecule has 0 aliphatic carbocycles. The van der Waals surface area contributed by atoms with Gasteiger partial charge >= 0.3 is 0 Å². The molecular weight excluding hydrogens is 312 g/mol. The van der Waals surface area contributed by atoms with Gasteiger partial charge in [0.2, 0.25) is 0 Å². The first-order valence-corrected chi connectivity index (χ1v) is 7.06. The number of aryl methyl sites for hydroxylation is 2. The van der Waals surface area contributed by atoms with Crippen molar-refractivity contribution < 1.29 is 4.79 Å². The monoisotopic (exact) mass is 324 g/mol. The molecule has 3 nitrogen and oxygen atoms in total. The van der Waals surface area contributed by atoms with Crippen molar-refractivity contribution in [2.75, 3.05) is 11.1 Å². The molecular formula is C13H13BrN2OS. The number of halogens is 1. The minimum absolute atomic E-state index is 0.107. The zero-order valence-electron chi connectivity index (χ0n) is 10.1. The summed E-state index contributed by atoms with van der Waals surface area (Å²) in [6.07, 6.45) is 0. The van der Waals surface area contributed by atoms with Gasteiger partial charge in [-0.05, 0) is 59.1 Å². The highest BCUT2D eigenvalue weighted by molar-refractivity contribution is 9.11. The fourth-order valence-electron chi connectivity index (χ4n) is 1.60. The van der Waals surface area contributed by atoms with Crippen LogP contribution in [0.5, 0.6) is 0 Å². The highest BCUT2D eigenvalue weighted by Crippen LogP contribution is 2.24. The molecule has 0 aliphatic heterocycles. The van der Waals surface area contributed by atoms with Gasteiger partial charge in [0.1, 0.15) is 0 Å². The molecule has 2 aromatic rings. The first kappa shape index (κ1) is 13.1. The number of nitrogens with two attached hydrogens (primary N) is 1. The minimum atomic E-state index is -0.107. The molecule has 94 valence electrons. The van der Waals surface area contributed by atoms with Crippen LogP contribution in [0, 0.1) is 13.8 Å². The Morgan fingerprint density at radius 1 is 1.28 bits per heavy atom. The zero-order chi connectivity index (χ0) is 13.3. The molecule has 3 N–H and O–H groups in total. The van der Waals surface area contributed by atoms with Crippen LogP contribution in [-0.2, 0) is 0 Å². The van der Waals surface area contributed by atoms with Gasteiger partial charge < -0.3 is 11.1 Å². The van der Waals surface area contributed by atoms with E-state index in [0.29, 0.717) is 5.56 Å². The SMILES string of the molecule is Cc1cc(NC(=O)c2csc(Br)c2)c(C)cc1N. The highest BCUT2D eigenvalue weighted by Gasteiger charge is 2.10. The van der Waals surface area contributed by atoms with Crippen LogP contribution in [0.2, 0.25) is 0 Å². The summed E-state index contributed by atoms with van der Waals surface area (Å²) in [5, 5.41) is 4.72. The molecule has 0 spiro atoms. The normalized spacial score (nSPS) is 10.4. The van der Waals surface area contributed by atoms with Gasteiger partial charge in [-0.1, -0.05) is 0 Å². The number of rotatable bonds is 2. The quantitative estimate of drug-likeness (QED) is 0.821. The molecule has 1 aromatic carbocycles. The summed E-state index contributed by atoms with van der Waals surface area (Å²) in [4.78, 5) is 12.0. The molecule has 1 amide bonds. The Labute approximate surface area is 118 Å². The number of benzene rings is 1. The third-order valence-corrected chi connectivity index (χ3v) is 4.20. The van der Waals surface area contributed by atoms with Crippen molar-refractivity contribution in [3.05, 3.63) is 44.1 Å². The number of amides is 1. The summed E-state index contributed by atoms with van der Waals surface area (Å²) < 4.78 is 0.942. The van der Waals surface area contributed by atoms with Crippen LogP contribution in [0.3, 0.4) is 0 Å². The van der Waals surface area contributed by atoms with Gasteiger partial charge in [0.15, 0.2) is 0 Å². The van der Waals surface area contributed by atoms with Crippen molar-refractivity contribution in [2.45, 2.75) is 13.8 Å². The highest BCUT2D eigenvalue weighted by atomic mass is 79.9. The van der Waals surface area contributed by atoms with Crippen LogP contribution < -0.4 is 11.1 Å². The lowest BCUT2D eigenvalue weighted by molar-refractivity contribution is 0.102. The third-order valence-electron chi connectivity index (χ3n) is 2.69. The fraction of sp³-hybridized carbons (Fsp3) is 0.154. The van der Waals surface area contributed by atoms with Crippen molar-refractivity contribution in [3.63, 3.8) is 0 Å². The molecule has 2 rings (SSSR count). The Kier molecular flexibility index (Phi) is 3.73. The summed E-state index contributed by atoms with van der Waals surface area (Å²) in [6.45, 7) is 3.85. The van der Waals surface area contributed by atoms with Crippen molar-refractivity contribution in [1.82, 2.24) is 0 Å².